The standard InChI is InChI=1S/C12H23NO2S/c1-2-3-7-16-8-5-12(15)13-6-4-11(9-13)10-14/h11,14H,2-10H2,1H3. The quantitative estimate of drug-likeness (QED) is 0.695. The van der Waals surface area contributed by atoms with Crippen LogP contribution in [0.4, 0.5) is 0 Å². The van der Waals surface area contributed by atoms with Crippen LogP contribution >= 0.6 is 11.8 Å². The smallest absolute Gasteiger partial charge is 0.223 e. The monoisotopic (exact) mass is 245 g/mol. The van der Waals surface area contributed by atoms with Gasteiger partial charge in [0.25, 0.3) is 0 Å². The summed E-state index contributed by atoms with van der Waals surface area (Å²) in [5, 5.41) is 9.00. The summed E-state index contributed by atoms with van der Waals surface area (Å²) >= 11 is 1.87. The molecule has 0 aromatic rings. The number of carbonyl (C=O) groups is 1. The molecule has 0 bridgehead atoms. The minimum Gasteiger partial charge on any atom is -0.396 e. The molecule has 0 aromatic heterocycles. The summed E-state index contributed by atoms with van der Waals surface area (Å²) < 4.78 is 0. The van der Waals surface area contributed by atoms with E-state index in [1.54, 1.807) is 0 Å². The number of likely N-dealkylation sites (tertiary alicyclic amines) is 1. The largest absolute Gasteiger partial charge is 0.396 e. The van der Waals surface area contributed by atoms with E-state index in [2.05, 4.69) is 6.92 Å². The van der Waals surface area contributed by atoms with Crippen LogP contribution in [0.2, 0.25) is 0 Å². The van der Waals surface area contributed by atoms with Crippen LogP contribution in [-0.4, -0.2) is 47.1 Å². The van der Waals surface area contributed by atoms with E-state index < -0.39 is 0 Å². The third-order valence-corrected chi connectivity index (χ3v) is 4.07. The van der Waals surface area contributed by atoms with Gasteiger partial charge in [0, 0.05) is 37.8 Å². The molecule has 0 spiro atoms. The molecule has 0 aromatic carbocycles. The lowest BCUT2D eigenvalue weighted by Gasteiger charge is -2.15. The number of unbranched alkanes of at least 4 members (excludes halogenated alkanes) is 1. The van der Waals surface area contributed by atoms with Gasteiger partial charge in [0.2, 0.25) is 5.91 Å². The minimum absolute atomic E-state index is 0.217. The summed E-state index contributed by atoms with van der Waals surface area (Å²) in [4.78, 5) is 13.7. The molecule has 1 unspecified atom stereocenters. The van der Waals surface area contributed by atoms with Gasteiger partial charge < -0.3 is 10.0 Å². The Kier molecular flexibility index (Phi) is 6.88. The molecule has 4 heteroatoms. The second-order valence-corrected chi connectivity index (χ2v) is 5.62. The minimum atomic E-state index is 0.217. The lowest BCUT2D eigenvalue weighted by Crippen LogP contribution is -2.29. The number of rotatable bonds is 7. The second-order valence-electron chi connectivity index (χ2n) is 4.39. The van der Waals surface area contributed by atoms with Crippen LogP contribution < -0.4 is 0 Å². The van der Waals surface area contributed by atoms with Gasteiger partial charge in [-0.15, -0.1) is 0 Å². The molecule has 1 N–H and O–H groups in total. The molecule has 1 heterocycles. The van der Waals surface area contributed by atoms with Crippen LogP contribution in [0.15, 0.2) is 0 Å². The Balaban J connectivity index is 2.06. The van der Waals surface area contributed by atoms with Crippen molar-refractivity contribution < 1.29 is 9.90 Å². The molecule has 1 aliphatic heterocycles. The first kappa shape index (κ1) is 13.8. The van der Waals surface area contributed by atoms with E-state index in [9.17, 15) is 4.79 Å². The number of aliphatic hydroxyl groups excluding tert-OH is 1. The Morgan fingerprint density at radius 2 is 2.31 bits per heavy atom. The van der Waals surface area contributed by atoms with E-state index in [0.29, 0.717) is 12.3 Å². The van der Waals surface area contributed by atoms with E-state index in [-0.39, 0.29) is 12.5 Å². The molecule has 0 saturated carbocycles. The van der Waals surface area contributed by atoms with Gasteiger partial charge in [0.15, 0.2) is 0 Å². The Hall–Kier alpha value is -0.220. The summed E-state index contributed by atoms with van der Waals surface area (Å²) in [6.07, 6.45) is 4.10. The summed E-state index contributed by atoms with van der Waals surface area (Å²) in [6.45, 7) is 4.00. The fourth-order valence-corrected chi connectivity index (χ4v) is 2.89. The second kappa shape index (κ2) is 7.96. The van der Waals surface area contributed by atoms with Crippen molar-refractivity contribution in [1.82, 2.24) is 4.90 Å². The van der Waals surface area contributed by atoms with Gasteiger partial charge in [-0.05, 0) is 18.6 Å². The van der Waals surface area contributed by atoms with Gasteiger partial charge in [-0.25, -0.2) is 0 Å². The van der Waals surface area contributed by atoms with Gasteiger partial charge >= 0.3 is 0 Å². The fraction of sp³-hybridized carbons (Fsp3) is 0.917. The van der Waals surface area contributed by atoms with Gasteiger partial charge in [-0.3, -0.25) is 4.79 Å². The zero-order valence-electron chi connectivity index (χ0n) is 10.2. The average molecular weight is 245 g/mol. The number of amides is 1. The van der Waals surface area contributed by atoms with Gasteiger partial charge in [0.05, 0.1) is 0 Å². The summed E-state index contributed by atoms with van der Waals surface area (Å²) in [5.74, 6) is 2.69. The molecule has 1 saturated heterocycles. The number of hydrogen-bond donors (Lipinski definition) is 1. The molecule has 0 aliphatic carbocycles. The predicted octanol–water partition coefficient (Wildman–Crippen LogP) is 1.75. The van der Waals surface area contributed by atoms with Crippen molar-refractivity contribution in [2.24, 2.45) is 5.92 Å². The van der Waals surface area contributed by atoms with Crippen LogP contribution in [-0.2, 0) is 4.79 Å². The van der Waals surface area contributed by atoms with Crippen molar-refractivity contribution in [2.45, 2.75) is 32.6 Å². The van der Waals surface area contributed by atoms with Gasteiger partial charge in [-0.1, -0.05) is 13.3 Å². The molecule has 1 rings (SSSR count). The first-order chi connectivity index (χ1) is 7.77. The molecule has 3 nitrogen and oxygen atoms in total. The van der Waals surface area contributed by atoms with Crippen molar-refractivity contribution in [1.29, 1.82) is 0 Å². The van der Waals surface area contributed by atoms with E-state index in [0.717, 1.165) is 25.3 Å². The lowest BCUT2D eigenvalue weighted by molar-refractivity contribution is -0.129. The highest BCUT2D eigenvalue weighted by molar-refractivity contribution is 7.99. The Bertz CT molecular complexity index is 211. The zero-order valence-corrected chi connectivity index (χ0v) is 11.0. The Labute approximate surface area is 103 Å². The molecule has 1 amide bonds. The molecular weight excluding hydrogens is 222 g/mol. The van der Waals surface area contributed by atoms with E-state index in [1.165, 1.54) is 18.6 Å². The first-order valence-corrected chi connectivity index (χ1v) is 7.39. The molecule has 1 atom stereocenters. The van der Waals surface area contributed by atoms with Crippen molar-refractivity contribution in [2.75, 3.05) is 31.2 Å². The topological polar surface area (TPSA) is 40.5 Å². The number of hydrogen-bond acceptors (Lipinski definition) is 3. The fourth-order valence-electron chi connectivity index (χ4n) is 1.87. The van der Waals surface area contributed by atoms with Crippen molar-refractivity contribution >= 4 is 17.7 Å². The maximum atomic E-state index is 11.8. The van der Waals surface area contributed by atoms with Crippen molar-refractivity contribution in [3.05, 3.63) is 0 Å². The third-order valence-electron chi connectivity index (χ3n) is 3.00. The van der Waals surface area contributed by atoms with Crippen LogP contribution in [0.1, 0.15) is 32.6 Å². The van der Waals surface area contributed by atoms with Crippen LogP contribution in [0.3, 0.4) is 0 Å². The van der Waals surface area contributed by atoms with Crippen LogP contribution in [0.5, 0.6) is 0 Å². The highest BCUT2D eigenvalue weighted by Gasteiger charge is 2.24. The normalized spacial score (nSPS) is 20.4. The molecule has 1 fully saturated rings. The molecule has 94 valence electrons. The maximum Gasteiger partial charge on any atom is 0.223 e. The van der Waals surface area contributed by atoms with Crippen molar-refractivity contribution in [3.8, 4) is 0 Å². The van der Waals surface area contributed by atoms with E-state index in [4.69, 9.17) is 5.11 Å². The highest BCUT2D eigenvalue weighted by Crippen LogP contribution is 2.17. The Morgan fingerprint density at radius 1 is 1.50 bits per heavy atom. The Morgan fingerprint density at radius 3 is 2.94 bits per heavy atom. The third kappa shape index (κ3) is 4.74. The SMILES string of the molecule is CCCCSCCC(=O)N1CCC(CO)C1. The molecular formula is C12H23NO2S. The first-order valence-electron chi connectivity index (χ1n) is 6.24. The number of thioether (sulfide) groups is 1. The average Bonchev–Trinajstić information content (AvgIpc) is 2.77. The number of aliphatic hydroxyl groups is 1. The lowest BCUT2D eigenvalue weighted by atomic mass is 10.1. The zero-order chi connectivity index (χ0) is 11.8. The van der Waals surface area contributed by atoms with Crippen molar-refractivity contribution in [3.63, 3.8) is 0 Å². The summed E-state index contributed by atoms with van der Waals surface area (Å²) in [6, 6.07) is 0. The summed E-state index contributed by atoms with van der Waals surface area (Å²) in [7, 11) is 0. The highest BCUT2D eigenvalue weighted by atomic mass is 32.2. The van der Waals surface area contributed by atoms with Crippen LogP contribution in [0, 0.1) is 5.92 Å². The van der Waals surface area contributed by atoms with E-state index >= 15 is 0 Å². The molecule has 16 heavy (non-hydrogen) atoms. The van der Waals surface area contributed by atoms with Crippen LogP contribution in [0.25, 0.3) is 0 Å². The predicted molar refractivity (Wildman–Crippen MR) is 68.6 cm³/mol. The number of nitrogens with zero attached hydrogens (tertiary/aromatic N) is 1. The van der Waals surface area contributed by atoms with Gasteiger partial charge in [0.1, 0.15) is 0 Å². The number of carbonyl (C=O) groups excluding carboxylic acids is 1. The van der Waals surface area contributed by atoms with E-state index in [1.807, 2.05) is 16.7 Å². The van der Waals surface area contributed by atoms with Gasteiger partial charge in [-0.2, -0.15) is 11.8 Å². The maximum absolute atomic E-state index is 11.8. The molecule has 1 aliphatic rings. The molecule has 0 radical (unpaired) electrons. The summed E-state index contributed by atoms with van der Waals surface area (Å²) in [5.41, 5.74) is 0.